The van der Waals surface area contributed by atoms with Crippen molar-refractivity contribution in [2.24, 2.45) is 0 Å². The fraction of sp³-hybridized carbons (Fsp3) is 0.267. The van der Waals surface area contributed by atoms with Crippen molar-refractivity contribution in [3.8, 4) is 0 Å². The van der Waals surface area contributed by atoms with Crippen molar-refractivity contribution in [2.75, 3.05) is 0 Å². The average Bonchev–Trinajstić information content (AvgIpc) is 2.95. The number of imidazole rings is 1. The van der Waals surface area contributed by atoms with E-state index in [9.17, 15) is 0 Å². The minimum atomic E-state index is -0.139. The van der Waals surface area contributed by atoms with E-state index in [1.165, 1.54) is 11.1 Å². The Morgan fingerprint density at radius 2 is 2.15 bits per heavy atom. The molecule has 0 fully saturated rings. The summed E-state index contributed by atoms with van der Waals surface area (Å²) >= 11 is 14.1. The van der Waals surface area contributed by atoms with E-state index in [0.717, 1.165) is 28.4 Å². The number of fused-ring (bicyclic) bond motifs is 1. The minimum absolute atomic E-state index is 0.139. The molecule has 0 aliphatic carbocycles. The Bertz CT molecular complexity index is 758. The predicted octanol–water partition coefficient (Wildman–Crippen LogP) is 5.41. The Hall–Kier alpha value is -1.03. The van der Waals surface area contributed by atoms with E-state index in [0.29, 0.717) is 0 Å². The van der Waals surface area contributed by atoms with Gasteiger partial charge in [-0.05, 0) is 53.9 Å². The van der Waals surface area contributed by atoms with Gasteiger partial charge in [-0.3, -0.25) is 0 Å². The van der Waals surface area contributed by atoms with Crippen molar-refractivity contribution in [1.29, 1.82) is 0 Å². The Morgan fingerprint density at radius 1 is 1.35 bits per heavy atom. The van der Waals surface area contributed by atoms with Crippen LogP contribution < -0.4 is 0 Å². The van der Waals surface area contributed by atoms with Gasteiger partial charge in [0.2, 0.25) is 0 Å². The lowest BCUT2D eigenvalue weighted by Crippen LogP contribution is -2.06. The van der Waals surface area contributed by atoms with Crippen LogP contribution in [0, 0.1) is 6.92 Å². The van der Waals surface area contributed by atoms with Gasteiger partial charge in [-0.1, -0.05) is 11.6 Å². The van der Waals surface area contributed by atoms with Crippen LogP contribution >= 0.6 is 34.5 Å². The number of alkyl halides is 1. The summed E-state index contributed by atoms with van der Waals surface area (Å²) in [5, 5.41) is 4.91. The SMILES string of the molecule is Cc1cscc1Cn1c(C(C)Cl)nc2ccc(Cl)cc21. The normalized spacial score (nSPS) is 13.0. The van der Waals surface area contributed by atoms with Gasteiger partial charge in [0.1, 0.15) is 5.82 Å². The van der Waals surface area contributed by atoms with Crippen molar-refractivity contribution >= 4 is 45.6 Å². The molecule has 104 valence electrons. The first kappa shape index (κ1) is 13.9. The van der Waals surface area contributed by atoms with Crippen LogP contribution in [0.5, 0.6) is 0 Å². The van der Waals surface area contributed by atoms with E-state index >= 15 is 0 Å². The molecule has 3 aromatic rings. The molecule has 2 heterocycles. The maximum Gasteiger partial charge on any atom is 0.128 e. The molecule has 3 rings (SSSR count). The second-order valence-corrected chi connectivity index (χ2v) is 6.72. The summed E-state index contributed by atoms with van der Waals surface area (Å²) in [4.78, 5) is 4.64. The summed E-state index contributed by atoms with van der Waals surface area (Å²) in [6.07, 6.45) is 0. The number of nitrogens with zero attached hydrogens (tertiary/aromatic N) is 2. The van der Waals surface area contributed by atoms with Gasteiger partial charge >= 0.3 is 0 Å². The van der Waals surface area contributed by atoms with E-state index in [2.05, 4.69) is 27.2 Å². The Balaban J connectivity index is 2.18. The Morgan fingerprint density at radius 3 is 2.80 bits per heavy atom. The van der Waals surface area contributed by atoms with Crippen molar-refractivity contribution in [2.45, 2.75) is 25.8 Å². The fourth-order valence-corrected chi connectivity index (χ4v) is 3.48. The highest BCUT2D eigenvalue weighted by molar-refractivity contribution is 7.08. The highest BCUT2D eigenvalue weighted by atomic mass is 35.5. The number of aromatic nitrogens is 2. The molecule has 0 aliphatic heterocycles. The van der Waals surface area contributed by atoms with Crippen LogP contribution in [0.1, 0.15) is 29.3 Å². The van der Waals surface area contributed by atoms with Gasteiger partial charge in [0.15, 0.2) is 0 Å². The number of aryl methyl sites for hydroxylation is 1. The molecule has 0 saturated carbocycles. The molecule has 2 nitrogen and oxygen atoms in total. The zero-order valence-electron chi connectivity index (χ0n) is 11.2. The summed E-state index contributed by atoms with van der Waals surface area (Å²) in [7, 11) is 0. The van der Waals surface area contributed by atoms with E-state index in [-0.39, 0.29) is 5.38 Å². The summed E-state index contributed by atoms with van der Waals surface area (Å²) in [6.45, 7) is 4.85. The van der Waals surface area contributed by atoms with Crippen molar-refractivity contribution in [1.82, 2.24) is 9.55 Å². The van der Waals surface area contributed by atoms with Crippen LogP contribution in [-0.4, -0.2) is 9.55 Å². The first-order valence-corrected chi connectivity index (χ1v) is 8.13. The molecule has 0 saturated heterocycles. The third kappa shape index (κ3) is 2.46. The zero-order chi connectivity index (χ0) is 14.3. The molecule has 0 amide bonds. The summed E-state index contributed by atoms with van der Waals surface area (Å²) in [5.41, 5.74) is 4.57. The number of thiophene rings is 1. The summed E-state index contributed by atoms with van der Waals surface area (Å²) in [6, 6.07) is 5.76. The molecule has 1 unspecified atom stereocenters. The van der Waals surface area contributed by atoms with Crippen LogP contribution in [0.2, 0.25) is 5.02 Å². The number of halogens is 2. The molecule has 1 atom stereocenters. The minimum Gasteiger partial charge on any atom is -0.322 e. The monoisotopic (exact) mass is 324 g/mol. The first-order chi connectivity index (χ1) is 9.56. The van der Waals surface area contributed by atoms with Crippen molar-refractivity contribution in [3.05, 3.63) is 50.9 Å². The van der Waals surface area contributed by atoms with E-state index in [1.54, 1.807) is 11.3 Å². The van der Waals surface area contributed by atoms with Gasteiger partial charge in [-0.25, -0.2) is 4.98 Å². The smallest absolute Gasteiger partial charge is 0.128 e. The highest BCUT2D eigenvalue weighted by Crippen LogP contribution is 2.28. The maximum absolute atomic E-state index is 6.29. The third-order valence-corrected chi connectivity index (χ3v) is 4.73. The molecule has 0 aliphatic rings. The fourth-order valence-electron chi connectivity index (χ4n) is 2.30. The molecule has 0 spiro atoms. The molecule has 0 N–H and O–H groups in total. The second kappa shape index (κ2) is 5.40. The Kier molecular flexibility index (Phi) is 3.76. The predicted molar refractivity (Wildman–Crippen MR) is 87.2 cm³/mol. The molecular weight excluding hydrogens is 311 g/mol. The van der Waals surface area contributed by atoms with Gasteiger partial charge in [-0.2, -0.15) is 11.3 Å². The lowest BCUT2D eigenvalue weighted by Gasteiger charge is -2.10. The number of rotatable bonds is 3. The average molecular weight is 325 g/mol. The van der Waals surface area contributed by atoms with Gasteiger partial charge < -0.3 is 4.57 Å². The topological polar surface area (TPSA) is 17.8 Å². The van der Waals surface area contributed by atoms with Crippen molar-refractivity contribution in [3.63, 3.8) is 0 Å². The Labute approximate surface area is 132 Å². The number of hydrogen-bond acceptors (Lipinski definition) is 2. The number of benzene rings is 1. The standard InChI is InChI=1S/C15H14Cl2N2S/c1-9-7-20-8-11(9)6-19-14-5-12(17)3-4-13(14)18-15(19)10(2)16/h3-5,7-8,10H,6H2,1-2H3. The quantitative estimate of drug-likeness (QED) is 0.589. The first-order valence-electron chi connectivity index (χ1n) is 6.37. The molecular formula is C15H14Cl2N2S. The van der Waals surface area contributed by atoms with Crippen molar-refractivity contribution < 1.29 is 0 Å². The zero-order valence-corrected chi connectivity index (χ0v) is 13.6. The molecule has 0 radical (unpaired) electrons. The molecule has 0 bridgehead atoms. The lowest BCUT2D eigenvalue weighted by molar-refractivity contribution is 0.741. The molecule has 2 aromatic heterocycles. The van der Waals surface area contributed by atoms with Gasteiger partial charge in [0, 0.05) is 5.02 Å². The highest BCUT2D eigenvalue weighted by Gasteiger charge is 2.16. The van der Waals surface area contributed by atoms with E-state index in [4.69, 9.17) is 23.2 Å². The molecule has 5 heteroatoms. The van der Waals surface area contributed by atoms with E-state index < -0.39 is 0 Å². The number of hydrogen-bond donors (Lipinski definition) is 0. The molecule has 1 aromatic carbocycles. The van der Waals surface area contributed by atoms with Crippen LogP contribution in [0.15, 0.2) is 29.0 Å². The second-order valence-electron chi connectivity index (χ2n) is 4.89. The van der Waals surface area contributed by atoms with Gasteiger partial charge in [0.25, 0.3) is 0 Å². The summed E-state index contributed by atoms with van der Waals surface area (Å²) in [5.74, 6) is 0.884. The van der Waals surface area contributed by atoms with Crippen LogP contribution in [0.4, 0.5) is 0 Å². The van der Waals surface area contributed by atoms with Crippen LogP contribution in [0.25, 0.3) is 11.0 Å². The molecule has 20 heavy (non-hydrogen) atoms. The van der Waals surface area contributed by atoms with Crippen LogP contribution in [-0.2, 0) is 6.54 Å². The lowest BCUT2D eigenvalue weighted by atomic mass is 10.2. The third-order valence-electron chi connectivity index (χ3n) is 3.39. The maximum atomic E-state index is 6.29. The summed E-state index contributed by atoms with van der Waals surface area (Å²) < 4.78 is 2.16. The van der Waals surface area contributed by atoms with E-state index in [1.807, 2.05) is 25.1 Å². The van der Waals surface area contributed by atoms with Crippen LogP contribution in [0.3, 0.4) is 0 Å². The van der Waals surface area contributed by atoms with Gasteiger partial charge in [-0.15, -0.1) is 11.6 Å². The van der Waals surface area contributed by atoms with Gasteiger partial charge in [0.05, 0.1) is 23.0 Å². The largest absolute Gasteiger partial charge is 0.322 e.